The Hall–Kier alpha value is -0.940. The summed E-state index contributed by atoms with van der Waals surface area (Å²) in [6.07, 6.45) is 3.04. The molecule has 0 aromatic heterocycles. The fourth-order valence-corrected chi connectivity index (χ4v) is 1.61. The molecule has 0 aliphatic heterocycles. The molecule has 1 aromatic rings. The molecule has 0 fully saturated rings. The molecule has 1 N–H and O–H groups in total. The monoisotopic (exact) mass is 234 g/mol. The Labute approximate surface area is 89.6 Å². The molecule has 0 atom stereocenters. The molecule has 0 heterocycles. The van der Waals surface area contributed by atoms with Crippen LogP contribution in [0.4, 0.5) is 13.2 Å². The van der Waals surface area contributed by atoms with Crippen LogP contribution in [0.5, 0.6) is 0 Å². The summed E-state index contributed by atoms with van der Waals surface area (Å²) in [5, 5.41) is 8.51. The second-order valence-electron chi connectivity index (χ2n) is 2.71. The van der Waals surface area contributed by atoms with Gasteiger partial charge in [-0.3, -0.25) is 0 Å². The molecule has 0 aliphatic carbocycles. The molecule has 0 aliphatic rings. The fraction of sp³-hybridized carbons (Fsp3) is 0.200. The van der Waals surface area contributed by atoms with Crippen LogP contribution in [0, 0.1) is 0 Å². The van der Waals surface area contributed by atoms with Crippen molar-refractivity contribution >= 4 is 17.8 Å². The normalized spacial score (nSPS) is 12.3. The number of hydrogen-bond donors (Lipinski definition) is 1. The van der Waals surface area contributed by atoms with E-state index in [1.54, 1.807) is 18.2 Å². The largest absolute Gasteiger partial charge is 0.446 e. The third-order valence-corrected chi connectivity index (χ3v) is 2.23. The first kappa shape index (κ1) is 12.1. The number of alkyl halides is 3. The van der Waals surface area contributed by atoms with Crippen molar-refractivity contribution in [3.8, 4) is 0 Å². The lowest BCUT2D eigenvalue weighted by Crippen LogP contribution is -1.98. The smallest absolute Gasteiger partial charge is 0.392 e. The van der Waals surface area contributed by atoms with Crippen molar-refractivity contribution in [1.29, 1.82) is 0 Å². The Kier molecular flexibility index (Phi) is 4.23. The van der Waals surface area contributed by atoms with E-state index >= 15 is 0 Å². The van der Waals surface area contributed by atoms with E-state index in [-0.39, 0.29) is 23.3 Å². The molecule has 0 unspecified atom stereocenters. The van der Waals surface area contributed by atoms with E-state index < -0.39 is 5.51 Å². The number of hydrogen-bond acceptors (Lipinski definition) is 2. The summed E-state index contributed by atoms with van der Waals surface area (Å²) in [6, 6.07) is 6.04. The standard InChI is InChI=1S/C10H9F3OS/c11-10(12,13)15-9-5-1-3-8(7-9)4-2-6-14/h1-5,7,14H,6H2/b4-2+. The number of rotatable bonds is 3. The summed E-state index contributed by atoms with van der Waals surface area (Å²) in [5.74, 6) is 0. The van der Waals surface area contributed by atoms with Crippen LogP contribution in [0.2, 0.25) is 0 Å². The first-order chi connectivity index (χ1) is 7.01. The number of aliphatic hydroxyl groups excluding tert-OH is 1. The van der Waals surface area contributed by atoms with Gasteiger partial charge >= 0.3 is 5.51 Å². The maximum absolute atomic E-state index is 12.0. The predicted octanol–water partition coefficient (Wildman–Crippen LogP) is 3.30. The lowest BCUT2D eigenvalue weighted by Gasteiger charge is -2.05. The molecule has 1 aromatic carbocycles. The minimum absolute atomic E-state index is 0.128. The van der Waals surface area contributed by atoms with Gasteiger partial charge in [0.15, 0.2) is 0 Å². The number of aliphatic hydroxyl groups is 1. The predicted molar refractivity (Wildman–Crippen MR) is 54.5 cm³/mol. The Morgan fingerprint density at radius 2 is 2.07 bits per heavy atom. The van der Waals surface area contributed by atoms with Crippen LogP contribution in [0.15, 0.2) is 35.2 Å². The van der Waals surface area contributed by atoms with E-state index in [2.05, 4.69) is 0 Å². The van der Waals surface area contributed by atoms with Gasteiger partial charge in [-0.05, 0) is 29.5 Å². The van der Waals surface area contributed by atoms with Crippen LogP contribution in [-0.4, -0.2) is 17.2 Å². The second kappa shape index (κ2) is 5.23. The Morgan fingerprint density at radius 1 is 1.33 bits per heavy atom. The van der Waals surface area contributed by atoms with Crippen molar-refractivity contribution in [1.82, 2.24) is 0 Å². The Morgan fingerprint density at radius 3 is 2.67 bits per heavy atom. The van der Waals surface area contributed by atoms with E-state index in [1.165, 1.54) is 18.2 Å². The van der Waals surface area contributed by atoms with E-state index in [1.807, 2.05) is 0 Å². The third-order valence-electron chi connectivity index (χ3n) is 1.51. The summed E-state index contributed by atoms with van der Waals surface area (Å²) >= 11 is -0.148. The first-order valence-corrected chi connectivity index (χ1v) is 4.96. The van der Waals surface area contributed by atoms with Crippen LogP contribution < -0.4 is 0 Å². The van der Waals surface area contributed by atoms with Gasteiger partial charge in [0.2, 0.25) is 0 Å². The quantitative estimate of drug-likeness (QED) is 0.810. The first-order valence-electron chi connectivity index (χ1n) is 4.14. The average Bonchev–Trinajstić information content (AvgIpc) is 2.12. The van der Waals surface area contributed by atoms with E-state index in [4.69, 9.17) is 5.11 Å². The minimum atomic E-state index is -4.26. The molecular formula is C10H9F3OS. The van der Waals surface area contributed by atoms with Crippen molar-refractivity contribution in [2.24, 2.45) is 0 Å². The fourth-order valence-electron chi connectivity index (χ4n) is 1.00. The van der Waals surface area contributed by atoms with Gasteiger partial charge in [0.25, 0.3) is 0 Å². The van der Waals surface area contributed by atoms with Crippen LogP contribution in [0.1, 0.15) is 5.56 Å². The lowest BCUT2D eigenvalue weighted by atomic mass is 10.2. The van der Waals surface area contributed by atoms with Crippen molar-refractivity contribution < 1.29 is 18.3 Å². The van der Waals surface area contributed by atoms with Gasteiger partial charge in [0.05, 0.1) is 6.61 Å². The molecule has 0 saturated carbocycles. The summed E-state index contributed by atoms with van der Waals surface area (Å²) in [5.41, 5.74) is -3.63. The highest BCUT2D eigenvalue weighted by atomic mass is 32.2. The topological polar surface area (TPSA) is 20.2 Å². The van der Waals surface area contributed by atoms with Gasteiger partial charge in [-0.2, -0.15) is 13.2 Å². The van der Waals surface area contributed by atoms with Crippen LogP contribution in [-0.2, 0) is 0 Å². The summed E-state index contributed by atoms with van der Waals surface area (Å²) in [6.45, 7) is -0.128. The van der Waals surface area contributed by atoms with Gasteiger partial charge in [-0.15, -0.1) is 0 Å². The zero-order valence-corrected chi connectivity index (χ0v) is 8.48. The van der Waals surface area contributed by atoms with Crippen LogP contribution in [0.3, 0.4) is 0 Å². The van der Waals surface area contributed by atoms with Gasteiger partial charge in [-0.25, -0.2) is 0 Å². The molecule has 5 heteroatoms. The van der Waals surface area contributed by atoms with E-state index in [0.29, 0.717) is 5.56 Å². The maximum atomic E-state index is 12.0. The summed E-state index contributed by atoms with van der Waals surface area (Å²) < 4.78 is 36.1. The molecular weight excluding hydrogens is 225 g/mol. The SMILES string of the molecule is OC/C=C/c1cccc(SC(F)(F)F)c1. The number of benzene rings is 1. The maximum Gasteiger partial charge on any atom is 0.446 e. The summed E-state index contributed by atoms with van der Waals surface area (Å²) in [7, 11) is 0. The van der Waals surface area contributed by atoms with Gasteiger partial charge < -0.3 is 5.11 Å². The van der Waals surface area contributed by atoms with Crippen LogP contribution >= 0.6 is 11.8 Å². The molecule has 0 bridgehead atoms. The zero-order chi connectivity index (χ0) is 11.3. The van der Waals surface area contributed by atoms with Gasteiger partial charge in [0, 0.05) is 4.90 Å². The Balaban J connectivity index is 2.79. The molecule has 1 nitrogen and oxygen atoms in total. The molecule has 0 saturated heterocycles. The van der Waals surface area contributed by atoms with Gasteiger partial charge in [0.1, 0.15) is 0 Å². The number of thioether (sulfide) groups is 1. The molecule has 0 radical (unpaired) electrons. The van der Waals surface area contributed by atoms with E-state index in [0.717, 1.165) is 0 Å². The van der Waals surface area contributed by atoms with Crippen molar-refractivity contribution in [3.63, 3.8) is 0 Å². The molecule has 0 spiro atoms. The zero-order valence-electron chi connectivity index (χ0n) is 7.66. The highest BCUT2D eigenvalue weighted by Gasteiger charge is 2.28. The van der Waals surface area contributed by atoms with Crippen molar-refractivity contribution in [2.75, 3.05) is 6.61 Å². The Bertz CT molecular complexity index is 347. The second-order valence-corrected chi connectivity index (χ2v) is 3.84. The molecule has 0 amide bonds. The molecule has 15 heavy (non-hydrogen) atoms. The van der Waals surface area contributed by atoms with Crippen molar-refractivity contribution in [2.45, 2.75) is 10.4 Å². The van der Waals surface area contributed by atoms with E-state index in [9.17, 15) is 13.2 Å². The molecule has 82 valence electrons. The van der Waals surface area contributed by atoms with Gasteiger partial charge in [-0.1, -0.05) is 24.3 Å². The lowest BCUT2D eigenvalue weighted by molar-refractivity contribution is -0.0328. The number of halogens is 3. The highest BCUT2D eigenvalue weighted by molar-refractivity contribution is 8.00. The molecule has 1 rings (SSSR count). The minimum Gasteiger partial charge on any atom is -0.392 e. The third kappa shape index (κ3) is 4.90. The van der Waals surface area contributed by atoms with Crippen LogP contribution in [0.25, 0.3) is 6.08 Å². The average molecular weight is 234 g/mol. The van der Waals surface area contributed by atoms with Crippen molar-refractivity contribution in [3.05, 3.63) is 35.9 Å². The highest BCUT2D eigenvalue weighted by Crippen LogP contribution is 2.36. The summed E-state index contributed by atoms with van der Waals surface area (Å²) in [4.78, 5) is 0.141.